The van der Waals surface area contributed by atoms with Crippen LogP contribution in [0.2, 0.25) is 0 Å². The number of aromatic nitrogens is 4. The van der Waals surface area contributed by atoms with Gasteiger partial charge in [-0.05, 0) is 12.1 Å². The predicted octanol–water partition coefficient (Wildman–Crippen LogP) is 0.372. The molecule has 112 valence electrons. The predicted molar refractivity (Wildman–Crippen MR) is 76.7 cm³/mol. The Bertz CT molecular complexity index is 882. The third-order valence-corrected chi connectivity index (χ3v) is 2.46. The van der Waals surface area contributed by atoms with E-state index in [1.165, 1.54) is 0 Å². The number of hydrogen-bond acceptors (Lipinski definition) is 7. The Hall–Kier alpha value is -2.46. The van der Waals surface area contributed by atoms with Crippen LogP contribution in [0.1, 0.15) is 0 Å². The number of benzene rings is 1. The van der Waals surface area contributed by atoms with Gasteiger partial charge in [0.15, 0.2) is 5.82 Å². The van der Waals surface area contributed by atoms with Crippen LogP contribution < -0.4 is 10.5 Å². The number of anilines is 1. The van der Waals surface area contributed by atoms with Crippen LogP contribution in [0.3, 0.4) is 0 Å². The molecule has 2 heterocycles. The summed E-state index contributed by atoms with van der Waals surface area (Å²) in [6.07, 6.45) is 2.33. The molecule has 1 aromatic carbocycles. The van der Waals surface area contributed by atoms with Gasteiger partial charge in [0, 0.05) is 6.07 Å². The van der Waals surface area contributed by atoms with Gasteiger partial charge >= 0.3 is 0 Å². The largest absolute Gasteiger partial charge is 0.497 e. The molecule has 2 aromatic heterocycles. The third kappa shape index (κ3) is 3.55. The van der Waals surface area contributed by atoms with Crippen molar-refractivity contribution in [1.82, 2.24) is 19.6 Å². The van der Waals surface area contributed by atoms with Gasteiger partial charge in [0.1, 0.15) is 12.1 Å². The zero-order valence-corrected chi connectivity index (χ0v) is 12.1. The van der Waals surface area contributed by atoms with Crippen molar-refractivity contribution >= 4 is 32.6 Å². The van der Waals surface area contributed by atoms with Crippen LogP contribution in [-0.4, -0.2) is 45.9 Å². The second kappa shape index (κ2) is 5.50. The van der Waals surface area contributed by atoms with E-state index in [0.29, 0.717) is 17.7 Å². The van der Waals surface area contributed by atoms with E-state index < -0.39 is 10.1 Å². The summed E-state index contributed by atoms with van der Waals surface area (Å²) < 4.78 is 32.8. The number of nitrogen functional groups attached to an aromatic ring is 1. The zero-order valence-electron chi connectivity index (χ0n) is 11.3. The Morgan fingerprint density at radius 1 is 1.38 bits per heavy atom. The first-order valence-electron chi connectivity index (χ1n) is 5.65. The number of ether oxygens (including phenoxy) is 1. The van der Waals surface area contributed by atoms with Gasteiger partial charge in [0.05, 0.1) is 24.4 Å². The fraction of sp³-hybridized carbons (Fsp3) is 0.182. The molecule has 9 nitrogen and oxygen atoms in total. The maximum absolute atomic E-state index is 9.19. The fourth-order valence-electron chi connectivity index (χ4n) is 1.69. The van der Waals surface area contributed by atoms with Crippen LogP contribution in [0.5, 0.6) is 5.75 Å². The van der Waals surface area contributed by atoms with Gasteiger partial charge in [-0.2, -0.15) is 8.42 Å². The van der Waals surface area contributed by atoms with Crippen LogP contribution in [-0.2, 0) is 10.1 Å². The van der Waals surface area contributed by atoms with Crippen molar-refractivity contribution in [3.05, 3.63) is 24.5 Å². The highest BCUT2D eigenvalue weighted by atomic mass is 32.2. The molecule has 3 N–H and O–H groups in total. The van der Waals surface area contributed by atoms with E-state index in [4.69, 9.17) is 15.0 Å². The van der Waals surface area contributed by atoms with Crippen molar-refractivity contribution in [3.63, 3.8) is 0 Å². The molecule has 0 fully saturated rings. The standard InChI is InChI=1S/C10H9N5O.CH4O3S/c1-16-6-2-3-8-7(4-6)13-9(11)10-14-12-5-15(8)10;1-5(2,3)4/h2-5H,1H3,(H2,11,13);1H3,(H,2,3,4). The number of nitrogens with zero attached hydrogens (tertiary/aromatic N) is 4. The van der Waals surface area contributed by atoms with Crippen LogP contribution >= 0.6 is 0 Å². The molecule has 0 aliphatic rings. The quantitative estimate of drug-likeness (QED) is 0.616. The monoisotopic (exact) mass is 311 g/mol. The van der Waals surface area contributed by atoms with Crippen molar-refractivity contribution in [2.75, 3.05) is 19.1 Å². The molecular formula is C11H13N5O4S. The molecule has 0 radical (unpaired) electrons. The van der Waals surface area contributed by atoms with E-state index in [1.54, 1.807) is 17.8 Å². The van der Waals surface area contributed by atoms with E-state index in [9.17, 15) is 8.42 Å². The van der Waals surface area contributed by atoms with Gasteiger partial charge in [0.25, 0.3) is 10.1 Å². The topological polar surface area (TPSA) is 133 Å². The number of methoxy groups -OCH3 is 1. The summed E-state index contributed by atoms with van der Waals surface area (Å²) in [6.45, 7) is 0. The summed E-state index contributed by atoms with van der Waals surface area (Å²) in [7, 11) is -2.05. The fourth-order valence-corrected chi connectivity index (χ4v) is 1.69. The highest BCUT2D eigenvalue weighted by Gasteiger charge is 2.07. The smallest absolute Gasteiger partial charge is 0.261 e. The SMILES string of the molecule is COc1ccc2c(c1)nc(N)c1nncn12.CS(=O)(=O)O. The molecule has 0 aliphatic heterocycles. The van der Waals surface area contributed by atoms with Crippen molar-refractivity contribution < 1.29 is 17.7 Å². The van der Waals surface area contributed by atoms with Crippen molar-refractivity contribution in [3.8, 4) is 5.75 Å². The second-order valence-corrected chi connectivity index (χ2v) is 5.58. The Morgan fingerprint density at radius 2 is 2.05 bits per heavy atom. The lowest BCUT2D eigenvalue weighted by Gasteiger charge is -2.05. The first-order chi connectivity index (χ1) is 9.79. The minimum absolute atomic E-state index is 0.359. The summed E-state index contributed by atoms with van der Waals surface area (Å²) in [5.41, 5.74) is 8.00. The Balaban J connectivity index is 0.000000282. The molecule has 0 unspecified atom stereocenters. The molecule has 0 atom stereocenters. The summed E-state index contributed by atoms with van der Waals surface area (Å²) in [6, 6.07) is 5.59. The Morgan fingerprint density at radius 3 is 2.67 bits per heavy atom. The molecule has 21 heavy (non-hydrogen) atoms. The first kappa shape index (κ1) is 14.9. The van der Waals surface area contributed by atoms with E-state index in [0.717, 1.165) is 16.8 Å². The Kier molecular flexibility index (Phi) is 3.91. The third-order valence-electron chi connectivity index (χ3n) is 2.46. The lowest BCUT2D eigenvalue weighted by Crippen LogP contribution is -1.98. The first-order valence-corrected chi connectivity index (χ1v) is 7.50. The molecule has 0 saturated heterocycles. The lowest BCUT2D eigenvalue weighted by atomic mass is 10.3. The van der Waals surface area contributed by atoms with Crippen molar-refractivity contribution in [2.24, 2.45) is 0 Å². The van der Waals surface area contributed by atoms with Gasteiger partial charge in [0.2, 0.25) is 5.65 Å². The normalized spacial score (nSPS) is 11.2. The number of nitrogens with two attached hydrogens (primary N) is 1. The minimum atomic E-state index is -3.67. The van der Waals surface area contributed by atoms with Gasteiger partial charge in [-0.25, -0.2) is 4.98 Å². The average molecular weight is 311 g/mol. The van der Waals surface area contributed by atoms with Gasteiger partial charge in [-0.15, -0.1) is 10.2 Å². The van der Waals surface area contributed by atoms with Gasteiger partial charge in [-0.3, -0.25) is 8.95 Å². The maximum atomic E-state index is 9.19. The van der Waals surface area contributed by atoms with Crippen LogP contribution in [0.15, 0.2) is 24.5 Å². The molecule has 0 aliphatic carbocycles. The van der Waals surface area contributed by atoms with E-state index in [-0.39, 0.29) is 0 Å². The number of rotatable bonds is 1. The van der Waals surface area contributed by atoms with E-state index >= 15 is 0 Å². The number of hydrogen-bond donors (Lipinski definition) is 2. The van der Waals surface area contributed by atoms with Crippen LogP contribution in [0.4, 0.5) is 5.82 Å². The average Bonchev–Trinajstić information content (AvgIpc) is 2.86. The highest BCUT2D eigenvalue weighted by molar-refractivity contribution is 7.85. The maximum Gasteiger partial charge on any atom is 0.261 e. The molecule has 3 aromatic rings. The molecule has 0 bridgehead atoms. The van der Waals surface area contributed by atoms with E-state index in [1.807, 2.05) is 18.2 Å². The second-order valence-electron chi connectivity index (χ2n) is 4.11. The summed E-state index contributed by atoms with van der Waals surface area (Å²) in [5.74, 6) is 1.10. The molecule has 0 amide bonds. The molecular weight excluding hydrogens is 298 g/mol. The molecule has 3 rings (SSSR count). The summed E-state index contributed by atoms with van der Waals surface area (Å²) in [4.78, 5) is 4.26. The zero-order chi connectivity index (χ0) is 15.6. The summed E-state index contributed by atoms with van der Waals surface area (Å²) >= 11 is 0. The summed E-state index contributed by atoms with van der Waals surface area (Å²) in [5, 5.41) is 7.72. The van der Waals surface area contributed by atoms with Crippen LogP contribution in [0.25, 0.3) is 16.7 Å². The Labute approximate surface area is 120 Å². The molecule has 0 spiro atoms. The number of fused-ring (bicyclic) bond motifs is 3. The van der Waals surface area contributed by atoms with Crippen LogP contribution in [0, 0.1) is 0 Å². The van der Waals surface area contributed by atoms with Crippen molar-refractivity contribution in [1.29, 1.82) is 0 Å². The van der Waals surface area contributed by atoms with Gasteiger partial charge in [-0.1, -0.05) is 0 Å². The minimum Gasteiger partial charge on any atom is -0.497 e. The van der Waals surface area contributed by atoms with Gasteiger partial charge < -0.3 is 10.5 Å². The molecule has 0 saturated carbocycles. The van der Waals surface area contributed by atoms with Crippen molar-refractivity contribution in [2.45, 2.75) is 0 Å². The lowest BCUT2D eigenvalue weighted by molar-refractivity contribution is 0.415. The van der Waals surface area contributed by atoms with E-state index in [2.05, 4.69) is 15.2 Å². The highest BCUT2D eigenvalue weighted by Crippen LogP contribution is 2.22. The molecule has 10 heteroatoms.